The normalized spacial score (nSPS) is 11.2. The number of aromatic hydroxyl groups is 1. The van der Waals surface area contributed by atoms with Crippen LogP contribution < -0.4 is 12.3 Å². The fourth-order valence-corrected chi connectivity index (χ4v) is 2.96. The van der Waals surface area contributed by atoms with Crippen LogP contribution in [0.2, 0.25) is 0 Å². The molecule has 214 valence electrons. The van der Waals surface area contributed by atoms with Gasteiger partial charge in [-0.3, -0.25) is 9.11 Å². The lowest BCUT2D eigenvalue weighted by Gasteiger charge is -2.36. The first-order chi connectivity index (χ1) is 14.6. The SMILES string of the molecule is CC(C)(C)c1ccc(O)c(C(C)(C)C)c1C(C)(C)C.CCOCC.N.N.O=S(=O)(O)O.OCCO. The number of hydrogen-bond acceptors (Lipinski definition) is 8. The van der Waals surface area contributed by atoms with Crippen LogP contribution >= 0.6 is 0 Å². The number of benzene rings is 1. The van der Waals surface area contributed by atoms with Gasteiger partial charge >= 0.3 is 10.4 Å². The second kappa shape index (κ2) is 18.9. The van der Waals surface area contributed by atoms with Gasteiger partial charge in [0.25, 0.3) is 0 Å². The lowest BCUT2D eigenvalue weighted by atomic mass is 9.68. The molecule has 1 rings (SSSR count). The van der Waals surface area contributed by atoms with Crippen LogP contribution in [-0.2, 0) is 31.4 Å². The van der Waals surface area contributed by atoms with Crippen molar-refractivity contribution in [1.82, 2.24) is 12.3 Å². The van der Waals surface area contributed by atoms with Crippen LogP contribution in [0, 0.1) is 0 Å². The molecule has 1 aromatic carbocycles. The Hall–Kier alpha value is -1.31. The average molecular weight is 531 g/mol. The summed E-state index contributed by atoms with van der Waals surface area (Å²) in [4.78, 5) is 0. The van der Waals surface area contributed by atoms with E-state index in [1.165, 1.54) is 11.1 Å². The zero-order valence-corrected chi connectivity index (χ0v) is 24.6. The van der Waals surface area contributed by atoms with Gasteiger partial charge in [0.1, 0.15) is 5.75 Å². The van der Waals surface area contributed by atoms with Crippen LogP contribution in [0.15, 0.2) is 12.1 Å². The van der Waals surface area contributed by atoms with Gasteiger partial charge in [0.05, 0.1) is 13.2 Å². The molecule has 0 heterocycles. The van der Waals surface area contributed by atoms with Gasteiger partial charge in [-0.05, 0) is 47.3 Å². The predicted octanol–water partition coefficient (Wildman–Crippen LogP) is 4.97. The minimum absolute atomic E-state index is 0. The molecule has 0 aliphatic rings. The van der Waals surface area contributed by atoms with E-state index in [4.69, 9.17) is 32.5 Å². The van der Waals surface area contributed by atoms with Gasteiger partial charge in [-0.25, -0.2) is 0 Å². The second-order valence-corrected chi connectivity index (χ2v) is 11.2. The summed E-state index contributed by atoms with van der Waals surface area (Å²) in [5, 5.41) is 25.6. The first kappa shape index (κ1) is 43.7. The molecule has 0 aromatic heterocycles. The third-order valence-corrected chi connectivity index (χ3v) is 4.00. The summed E-state index contributed by atoms with van der Waals surface area (Å²) < 4.78 is 36.4. The van der Waals surface area contributed by atoms with Crippen LogP contribution in [0.25, 0.3) is 0 Å². The van der Waals surface area contributed by atoms with Crippen LogP contribution in [-0.4, -0.2) is 59.3 Å². The molecule has 0 aliphatic heterocycles. The van der Waals surface area contributed by atoms with Gasteiger partial charge in [0.2, 0.25) is 0 Å². The van der Waals surface area contributed by atoms with Crippen molar-refractivity contribution in [3.63, 3.8) is 0 Å². The molecular weight excluding hydrogens is 476 g/mol. The molecule has 0 saturated heterocycles. The highest BCUT2D eigenvalue weighted by Crippen LogP contribution is 2.44. The van der Waals surface area contributed by atoms with Crippen molar-refractivity contribution < 1.29 is 37.6 Å². The van der Waals surface area contributed by atoms with Gasteiger partial charge in [-0.1, -0.05) is 68.4 Å². The maximum absolute atomic E-state index is 10.4. The standard InChI is InChI=1S/C18H30O.C4H10O.C2H6O2.2H3N.H2O4S/c1-16(2,3)12-10-11-13(19)15(18(7,8)9)14(12)17(4,5)6;1-3-5-4-2;3-1-2-4;;;1-5(2,3)4/h10-11,19H,1-9H3;3-4H2,1-2H3;3-4H,1-2H2;2*1H3;(H2,1,2,3,4). The molecule has 0 atom stereocenters. The monoisotopic (exact) mass is 530 g/mol. The highest BCUT2D eigenvalue weighted by molar-refractivity contribution is 7.79. The van der Waals surface area contributed by atoms with Crippen molar-refractivity contribution in [2.75, 3.05) is 26.4 Å². The predicted molar refractivity (Wildman–Crippen MR) is 145 cm³/mol. The first-order valence-electron chi connectivity index (χ1n) is 11.0. The molecule has 1 aromatic rings. The van der Waals surface area contributed by atoms with Gasteiger partial charge in [-0.15, -0.1) is 0 Å². The number of rotatable bonds is 3. The number of phenols is 1. The number of aliphatic hydroxyl groups excluding tert-OH is 2. The zero-order chi connectivity index (χ0) is 27.3. The van der Waals surface area contributed by atoms with Crippen LogP contribution in [0.1, 0.15) is 92.9 Å². The second-order valence-electron chi connectivity index (χ2n) is 10.3. The Balaban J connectivity index is -0.000000155. The smallest absolute Gasteiger partial charge is 0.394 e. The maximum atomic E-state index is 10.4. The van der Waals surface area contributed by atoms with E-state index in [1.807, 2.05) is 19.9 Å². The summed E-state index contributed by atoms with van der Waals surface area (Å²) in [6.07, 6.45) is 0. The molecule has 0 radical (unpaired) electrons. The number of aliphatic hydroxyl groups is 2. The van der Waals surface area contributed by atoms with Crippen molar-refractivity contribution >= 4 is 10.4 Å². The van der Waals surface area contributed by atoms with Gasteiger partial charge in [0.15, 0.2) is 0 Å². The van der Waals surface area contributed by atoms with E-state index in [9.17, 15) is 5.11 Å². The Kier molecular flexibility index (Phi) is 23.6. The number of hydrogen-bond donors (Lipinski definition) is 7. The van der Waals surface area contributed by atoms with Crippen molar-refractivity contribution in [3.05, 3.63) is 28.8 Å². The fraction of sp³-hybridized carbons (Fsp3) is 0.750. The van der Waals surface area contributed by atoms with Crippen LogP contribution in [0.3, 0.4) is 0 Å². The quantitative estimate of drug-likeness (QED) is 0.260. The summed E-state index contributed by atoms with van der Waals surface area (Å²) >= 11 is 0. The molecule has 11 N–H and O–H groups in total. The zero-order valence-electron chi connectivity index (χ0n) is 23.8. The molecule has 0 unspecified atom stereocenters. The molecule has 0 amide bonds. The minimum Gasteiger partial charge on any atom is -0.508 e. The van der Waals surface area contributed by atoms with Gasteiger partial charge in [0, 0.05) is 18.8 Å². The highest BCUT2D eigenvalue weighted by atomic mass is 32.3. The Morgan fingerprint density at radius 1 is 0.714 bits per heavy atom. The Bertz CT molecular complexity index is 751. The van der Waals surface area contributed by atoms with Gasteiger partial charge in [-0.2, -0.15) is 8.42 Å². The van der Waals surface area contributed by atoms with Crippen molar-refractivity contribution in [2.24, 2.45) is 0 Å². The molecule has 0 spiro atoms. The molecule has 0 bridgehead atoms. The summed E-state index contributed by atoms with van der Waals surface area (Å²) in [6.45, 7) is 25.3. The third-order valence-electron chi connectivity index (χ3n) is 4.00. The molecule has 0 saturated carbocycles. The van der Waals surface area contributed by atoms with E-state index in [0.29, 0.717) is 5.75 Å². The van der Waals surface area contributed by atoms with Crippen LogP contribution in [0.4, 0.5) is 0 Å². The lowest BCUT2D eigenvalue weighted by molar-refractivity contribution is 0.162. The van der Waals surface area contributed by atoms with Crippen molar-refractivity contribution in [1.29, 1.82) is 0 Å². The maximum Gasteiger partial charge on any atom is 0.394 e. The number of ether oxygens (including phenoxy) is 1. The van der Waals surface area contributed by atoms with E-state index in [2.05, 4.69) is 68.4 Å². The Labute approximate surface area is 213 Å². The molecule has 10 nitrogen and oxygen atoms in total. The largest absolute Gasteiger partial charge is 0.508 e. The highest BCUT2D eigenvalue weighted by Gasteiger charge is 2.33. The lowest BCUT2D eigenvalue weighted by Crippen LogP contribution is -2.28. The summed E-state index contributed by atoms with van der Waals surface area (Å²) in [6, 6.07) is 3.95. The topological polar surface area (TPSA) is 215 Å². The van der Waals surface area contributed by atoms with E-state index in [-0.39, 0.29) is 41.8 Å². The van der Waals surface area contributed by atoms with Crippen molar-refractivity contribution in [2.45, 2.75) is 92.4 Å². The molecule has 0 aliphatic carbocycles. The molecule has 11 heteroatoms. The number of phenolic OH excluding ortho intramolecular Hbond substituents is 1. The van der Waals surface area contributed by atoms with E-state index < -0.39 is 10.4 Å². The molecular formula is C24H54N2O8S. The summed E-state index contributed by atoms with van der Waals surface area (Å²) in [5.41, 5.74) is 3.76. The summed E-state index contributed by atoms with van der Waals surface area (Å²) in [5.74, 6) is 0.422. The van der Waals surface area contributed by atoms with E-state index in [1.54, 1.807) is 0 Å². The average Bonchev–Trinajstić information content (AvgIpc) is 2.58. The summed E-state index contributed by atoms with van der Waals surface area (Å²) in [7, 11) is -4.67. The first-order valence-corrected chi connectivity index (χ1v) is 12.4. The van der Waals surface area contributed by atoms with Crippen LogP contribution in [0.5, 0.6) is 5.75 Å². The van der Waals surface area contributed by atoms with E-state index in [0.717, 1.165) is 18.8 Å². The third kappa shape index (κ3) is 22.9. The molecule has 0 fully saturated rings. The van der Waals surface area contributed by atoms with E-state index >= 15 is 0 Å². The fourth-order valence-electron chi connectivity index (χ4n) is 2.96. The van der Waals surface area contributed by atoms with Gasteiger partial charge < -0.3 is 32.4 Å². The van der Waals surface area contributed by atoms with Crippen molar-refractivity contribution in [3.8, 4) is 5.75 Å². The Morgan fingerprint density at radius 2 is 1.03 bits per heavy atom. The molecule has 35 heavy (non-hydrogen) atoms. The Morgan fingerprint density at radius 3 is 1.20 bits per heavy atom. The minimum atomic E-state index is -4.67.